The van der Waals surface area contributed by atoms with E-state index in [4.69, 9.17) is 10.6 Å². The smallest absolute Gasteiger partial charge is 0.142 e. The molecule has 2 atom stereocenters. The van der Waals surface area contributed by atoms with Crippen LogP contribution >= 0.6 is 0 Å². The first-order chi connectivity index (χ1) is 7.72. The van der Waals surface area contributed by atoms with Gasteiger partial charge in [-0.2, -0.15) is 0 Å². The van der Waals surface area contributed by atoms with Crippen LogP contribution < -0.4 is 16.2 Å². The molecule has 2 unspecified atom stereocenters. The van der Waals surface area contributed by atoms with Crippen molar-refractivity contribution in [3.05, 3.63) is 18.2 Å². The van der Waals surface area contributed by atoms with E-state index in [1.807, 2.05) is 25.2 Å². The van der Waals surface area contributed by atoms with Crippen molar-refractivity contribution in [2.24, 2.45) is 5.84 Å². The second-order valence-corrected chi connectivity index (χ2v) is 4.07. The van der Waals surface area contributed by atoms with Crippen LogP contribution in [0.15, 0.2) is 18.2 Å². The van der Waals surface area contributed by atoms with Crippen LogP contribution in [0.25, 0.3) is 0 Å². The standard InChI is InChI=1S/C11H18N4O/c1-8-9(6-7-16-8)15(2)11-5-3-4-10(13-11)14-12/h3-5,8-9H,6-7,12H2,1-2H3,(H,13,14). The van der Waals surface area contributed by atoms with E-state index in [-0.39, 0.29) is 6.10 Å². The van der Waals surface area contributed by atoms with Gasteiger partial charge < -0.3 is 15.1 Å². The summed E-state index contributed by atoms with van der Waals surface area (Å²) in [5.74, 6) is 6.94. The third kappa shape index (κ3) is 2.10. The maximum atomic E-state index is 5.55. The SMILES string of the molecule is CC1OCCC1N(C)c1cccc(NN)n1. The Labute approximate surface area is 95.6 Å². The molecule has 1 aliphatic heterocycles. The third-order valence-corrected chi connectivity index (χ3v) is 3.08. The van der Waals surface area contributed by atoms with Gasteiger partial charge in [-0.1, -0.05) is 6.07 Å². The van der Waals surface area contributed by atoms with Crippen LogP contribution in [0.5, 0.6) is 0 Å². The maximum absolute atomic E-state index is 5.55. The fourth-order valence-corrected chi connectivity index (χ4v) is 2.10. The van der Waals surface area contributed by atoms with Gasteiger partial charge in [-0.25, -0.2) is 10.8 Å². The molecule has 3 N–H and O–H groups in total. The Morgan fingerprint density at radius 2 is 2.38 bits per heavy atom. The molecule has 1 saturated heterocycles. The number of anilines is 2. The minimum absolute atomic E-state index is 0.251. The van der Waals surface area contributed by atoms with E-state index in [9.17, 15) is 0 Å². The molecule has 1 fully saturated rings. The first kappa shape index (κ1) is 11.2. The van der Waals surface area contributed by atoms with Crippen LogP contribution in [-0.2, 0) is 4.74 Å². The maximum Gasteiger partial charge on any atom is 0.142 e. The number of hydrogen-bond acceptors (Lipinski definition) is 5. The second kappa shape index (κ2) is 4.67. The van der Waals surface area contributed by atoms with E-state index < -0.39 is 0 Å². The number of aromatic nitrogens is 1. The van der Waals surface area contributed by atoms with Gasteiger partial charge in [0.2, 0.25) is 0 Å². The number of hydrogen-bond donors (Lipinski definition) is 2. The predicted octanol–water partition coefficient (Wildman–Crippen LogP) is 0.981. The number of ether oxygens (including phenoxy) is 1. The van der Waals surface area contributed by atoms with Gasteiger partial charge in [0.1, 0.15) is 11.6 Å². The molecule has 0 radical (unpaired) electrons. The van der Waals surface area contributed by atoms with Crippen LogP contribution in [0.1, 0.15) is 13.3 Å². The summed E-state index contributed by atoms with van der Waals surface area (Å²) >= 11 is 0. The molecule has 0 spiro atoms. The number of likely N-dealkylation sites (N-methyl/N-ethyl adjacent to an activating group) is 1. The molecule has 16 heavy (non-hydrogen) atoms. The summed E-state index contributed by atoms with van der Waals surface area (Å²) in [6.45, 7) is 2.92. The van der Waals surface area contributed by atoms with Gasteiger partial charge in [0.25, 0.3) is 0 Å². The van der Waals surface area contributed by atoms with E-state index in [2.05, 4.69) is 22.2 Å². The Bertz CT molecular complexity index is 358. The van der Waals surface area contributed by atoms with Crippen molar-refractivity contribution < 1.29 is 4.74 Å². The van der Waals surface area contributed by atoms with E-state index in [0.717, 1.165) is 18.8 Å². The molecule has 1 aromatic heterocycles. The Hall–Kier alpha value is -1.33. The molecule has 0 bridgehead atoms. The van der Waals surface area contributed by atoms with Gasteiger partial charge in [0.15, 0.2) is 0 Å². The first-order valence-electron chi connectivity index (χ1n) is 5.50. The zero-order valence-corrected chi connectivity index (χ0v) is 9.68. The number of nitrogen functional groups attached to an aromatic ring is 1. The number of nitrogens with one attached hydrogen (secondary N) is 1. The second-order valence-electron chi connectivity index (χ2n) is 4.07. The Morgan fingerprint density at radius 1 is 1.56 bits per heavy atom. The van der Waals surface area contributed by atoms with Crippen molar-refractivity contribution in [3.8, 4) is 0 Å². The number of nitrogens with zero attached hydrogens (tertiary/aromatic N) is 2. The molecular weight excluding hydrogens is 204 g/mol. The summed E-state index contributed by atoms with van der Waals surface area (Å²) in [4.78, 5) is 6.56. The zero-order chi connectivity index (χ0) is 11.5. The summed E-state index contributed by atoms with van der Waals surface area (Å²) in [6.07, 6.45) is 1.29. The minimum Gasteiger partial charge on any atom is -0.376 e. The Balaban J connectivity index is 2.16. The number of rotatable bonds is 3. The highest BCUT2D eigenvalue weighted by Crippen LogP contribution is 2.23. The van der Waals surface area contributed by atoms with Crippen molar-refractivity contribution in [1.82, 2.24) is 4.98 Å². The molecule has 0 saturated carbocycles. The van der Waals surface area contributed by atoms with E-state index in [1.165, 1.54) is 0 Å². The predicted molar refractivity (Wildman–Crippen MR) is 64.3 cm³/mol. The fraction of sp³-hybridized carbons (Fsp3) is 0.545. The normalized spacial score (nSPS) is 24.4. The number of nitrogens with two attached hydrogens (primary N) is 1. The average molecular weight is 222 g/mol. The zero-order valence-electron chi connectivity index (χ0n) is 9.68. The van der Waals surface area contributed by atoms with E-state index >= 15 is 0 Å². The summed E-state index contributed by atoms with van der Waals surface area (Å²) < 4.78 is 5.55. The molecule has 5 nitrogen and oxygen atoms in total. The van der Waals surface area contributed by atoms with Crippen molar-refractivity contribution in [3.63, 3.8) is 0 Å². The molecule has 1 aromatic rings. The molecule has 0 amide bonds. The van der Waals surface area contributed by atoms with Crippen LogP contribution in [0.4, 0.5) is 11.6 Å². The highest BCUT2D eigenvalue weighted by molar-refractivity contribution is 5.46. The average Bonchev–Trinajstić information content (AvgIpc) is 2.74. The Kier molecular flexibility index (Phi) is 3.26. The molecule has 0 aromatic carbocycles. The lowest BCUT2D eigenvalue weighted by Crippen LogP contribution is -2.37. The largest absolute Gasteiger partial charge is 0.376 e. The van der Waals surface area contributed by atoms with Crippen molar-refractivity contribution >= 4 is 11.6 Å². The lowest BCUT2D eigenvalue weighted by atomic mass is 10.1. The summed E-state index contributed by atoms with van der Waals surface area (Å²) in [7, 11) is 2.04. The van der Waals surface area contributed by atoms with E-state index in [1.54, 1.807) is 0 Å². The van der Waals surface area contributed by atoms with Crippen LogP contribution in [0, 0.1) is 0 Å². The van der Waals surface area contributed by atoms with Crippen molar-refractivity contribution in [1.29, 1.82) is 0 Å². The van der Waals surface area contributed by atoms with Gasteiger partial charge in [-0.15, -0.1) is 0 Å². The molecule has 1 aliphatic rings. The molecule has 0 aliphatic carbocycles. The molecule has 88 valence electrons. The van der Waals surface area contributed by atoms with Gasteiger partial charge >= 0.3 is 0 Å². The number of hydrazine groups is 1. The minimum atomic E-state index is 0.251. The highest BCUT2D eigenvalue weighted by atomic mass is 16.5. The van der Waals surface area contributed by atoms with E-state index in [0.29, 0.717) is 11.9 Å². The molecule has 2 rings (SSSR count). The third-order valence-electron chi connectivity index (χ3n) is 3.08. The van der Waals surface area contributed by atoms with Gasteiger partial charge in [-0.3, -0.25) is 0 Å². The van der Waals surface area contributed by atoms with Crippen molar-refractivity contribution in [2.45, 2.75) is 25.5 Å². The topological polar surface area (TPSA) is 63.4 Å². The lowest BCUT2D eigenvalue weighted by Gasteiger charge is -2.27. The molecule has 2 heterocycles. The van der Waals surface area contributed by atoms with Crippen LogP contribution in [0.2, 0.25) is 0 Å². The molecular formula is C11H18N4O. The van der Waals surface area contributed by atoms with Crippen LogP contribution in [-0.4, -0.2) is 30.8 Å². The van der Waals surface area contributed by atoms with Gasteiger partial charge in [0, 0.05) is 13.7 Å². The van der Waals surface area contributed by atoms with Gasteiger partial charge in [0.05, 0.1) is 12.1 Å². The number of pyridine rings is 1. The lowest BCUT2D eigenvalue weighted by molar-refractivity contribution is 0.118. The first-order valence-corrected chi connectivity index (χ1v) is 5.50. The quantitative estimate of drug-likeness (QED) is 0.589. The molecule has 5 heteroatoms. The fourth-order valence-electron chi connectivity index (χ4n) is 2.10. The Morgan fingerprint density at radius 3 is 3.00 bits per heavy atom. The van der Waals surface area contributed by atoms with Gasteiger partial charge in [-0.05, 0) is 25.5 Å². The highest BCUT2D eigenvalue weighted by Gasteiger charge is 2.28. The summed E-state index contributed by atoms with van der Waals surface area (Å²) in [6, 6.07) is 6.15. The van der Waals surface area contributed by atoms with Crippen molar-refractivity contribution in [2.75, 3.05) is 24.0 Å². The monoisotopic (exact) mass is 222 g/mol. The summed E-state index contributed by atoms with van der Waals surface area (Å²) in [5, 5.41) is 0. The summed E-state index contributed by atoms with van der Waals surface area (Å²) in [5.41, 5.74) is 2.55. The van der Waals surface area contributed by atoms with Crippen LogP contribution in [0.3, 0.4) is 0 Å².